The number of benzene rings is 1. The molecule has 0 bridgehead atoms. The smallest absolute Gasteiger partial charge is 0.289 e. The van der Waals surface area contributed by atoms with Crippen molar-refractivity contribution >= 4 is 26.7 Å². The van der Waals surface area contributed by atoms with Crippen LogP contribution < -0.4 is 9.96 Å². The third kappa shape index (κ3) is 4.85. The summed E-state index contributed by atoms with van der Waals surface area (Å²) in [6.07, 6.45) is 7.89. The molecule has 0 aliphatic carbocycles. The van der Waals surface area contributed by atoms with Crippen LogP contribution >= 0.6 is 11.3 Å². The summed E-state index contributed by atoms with van der Waals surface area (Å²) in [5, 5.41) is 17.9. The lowest BCUT2D eigenvalue weighted by molar-refractivity contribution is 0.142. The van der Waals surface area contributed by atoms with Crippen molar-refractivity contribution in [1.29, 1.82) is 0 Å². The molecule has 3 rings (SSSR count). The fourth-order valence-electron chi connectivity index (χ4n) is 3.42. The average Bonchev–Trinajstić information content (AvgIpc) is 3.25. The predicted octanol–water partition coefficient (Wildman–Crippen LogP) is 3.13. The maximum Gasteiger partial charge on any atom is 0.289 e. The quantitative estimate of drug-likeness (QED) is 0.293. The fraction of sp³-hybridized carbons (Fsp3) is 0.550. The standard InChI is InChI=1S/C20H28N4O2S/c1-3-5-6-9-13-23-15-19(21-12-14-26-4-2)24(25,16-23)20-22-17-10-7-8-11-18(17)27-20/h1,7-8,10-11,19,21H,4-6,9,12-16H2,2H3. The van der Waals surface area contributed by atoms with E-state index in [0.29, 0.717) is 38.1 Å². The first-order valence-electron chi connectivity index (χ1n) is 9.59. The number of thiazole rings is 1. The number of nitrogens with zero attached hydrogens (tertiary/aromatic N) is 3. The molecule has 27 heavy (non-hydrogen) atoms. The minimum Gasteiger partial charge on any atom is -0.623 e. The molecule has 2 aromatic rings. The van der Waals surface area contributed by atoms with Crippen LogP contribution in [0, 0.1) is 17.6 Å². The third-order valence-corrected chi connectivity index (χ3v) is 5.98. The number of hydrogen-bond acceptors (Lipinski definition) is 6. The molecule has 0 amide bonds. The second-order valence-corrected chi connectivity index (χ2v) is 7.82. The van der Waals surface area contributed by atoms with Gasteiger partial charge in [0.1, 0.15) is 6.67 Å². The number of aromatic nitrogens is 1. The highest BCUT2D eigenvalue weighted by molar-refractivity contribution is 7.22. The molecule has 146 valence electrons. The molecule has 2 heterocycles. The van der Waals surface area contributed by atoms with Crippen molar-refractivity contribution in [2.24, 2.45) is 0 Å². The van der Waals surface area contributed by atoms with Crippen molar-refractivity contribution in [2.75, 3.05) is 39.5 Å². The summed E-state index contributed by atoms with van der Waals surface area (Å²) in [5.41, 5.74) is 0.895. The van der Waals surface area contributed by atoms with Crippen LogP contribution in [0.25, 0.3) is 10.2 Å². The number of fused-ring (bicyclic) bond motifs is 1. The van der Waals surface area contributed by atoms with Gasteiger partial charge in [0, 0.05) is 26.1 Å². The Bertz CT molecular complexity index is 742. The zero-order valence-electron chi connectivity index (χ0n) is 15.9. The van der Waals surface area contributed by atoms with E-state index in [1.165, 1.54) is 11.3 Å². The van der Waals surface area contributed by atoms with Gasteiger partial charge in [-0.15, -0.1) is 12.3 Å². The number of terminal acetylenes is 1. The molecule has 0 spiro atoms. The fourth-order valence-corrected chi connectivity index (χ4v) is 4.47. The van der Waals surface area contributed by atoms with Gasteiger partial charge in [0.15, 0.2) is 6.17 Å². The summed E-state index contributed by atoms with van der Waals surface area (Å²) in [6, 6.07) is 7.93. The summed E-state index contributed by atoms with van der Waals surface area (Å²) in [7, 11) is 0. The van der Waals surface area contributed by atoms with Crippen molar-refractivity contribution in [1.82, 2.24) is 19.8 Å². The highest BCUT2D eigenvalue weighted by Gasteiger charge is 2.43. The molecule has 6 nitrogen and oxygen atoms in total. The lowest BCUT2D eigenvalue weighted by atomic mass is 10.2. The Morgan fingerprint density at radius 1 is 1.44 bits per heavy atom. The molecular formula is C20H28N4O2S. The van der Waals surface area contributed by atoms with E-state index >= 15 is 0 Å². The van der Waals surface area contributed by atoms with Gasteiger partial charge in [0.25, 0.3) is 5.13 Å². The first kappa shape index (κ1) is 20.2. The predicted molar refractivity (Wildman–Crippen MR) is 112 cm³/mol. The molecule has 1 N–H and O–H groups in total. The number of para-hydroxylation sites is 1. The van der Waals surface area contributed by atoms with E-state index in [1.54, 1.807) is 0 Å². The third-order valence-electron chi connectivity index (χ3n) is 4.83. The first-order chi connectivity index (χ1) is 13.2. The molecule has 0 saturated carbocycles. The minimum absolute atomic E-state index is 0.237. The Balaban J connectivity index is 1.73. The SMILES string of the molecule is C#CCCCCN1CC(NCCOCC)[N+]([O-])(c2nc3ccccc3s2)C1. The summed E-state index contributed by atoms with van der Waals surface area (Å²) in [4.78, 5) is 6.89. The topological polar surface area (TPSA) is 60.5 Å². The van der Waals surface area contributed by atoms with E-state index in [4.69, 9.17) is 11.2 Å². The number of unbranched alkanes of at least 4 members (excludes halogenated alkanes) is 2. The van der Waals surface area contributed by atoms with Crippen LogP contribution in [0.15, 0.2) is 24.3 Å². The van der Waals surface area contributed by atoms with E-state index < -0.39 is 4.65 Å². The van der Waals surface area contributed by atoms with Crippen LogP contribution in [-0.2, 0) is 4.74 Å². The van der Waals surface area contributed by atoms with Crippen LogP contribution in [0.1, 0.15) is 26.2 Å². The van der Waals surface area contributed by atoms with Gasteiger partial charge in [-0.25, -0.2) is 4.90 Å². The highest BCUT2D eigenvalue weighted by Crippen LogP contribution is 2.36. The number of hydroxylamine groups is 2. The number of hydrogen-bond donors (Lipinski definition) is 1. The summed E-state index contributed by atoms with van der Waals surface area (Å²) < 4.78 is 6.03. The molecule has 1 aromatic heterocycles. The molecular weight excluding hydrogens is 360 g/mol. The van der Waals surface area contributed by atoms with E-state index in [0.717, 1.165) is 36.0 Å². The Labute approximate surface area is 165 Å². The number of nitrogens with one attached hydrogen (secondary N) is 1. The van der Waals surface area contributed by atoms with Crippen LogP contribution in [0.4, 0.5) is 5.13 Å². The average molecular weight is 389 g/mol. The van der Waals surface area contributed by atoms with Crippen LogP contribution in [-0.4, -0.2) is 55.6 Å². The van der Waals surface area contributed by atoms with Gasteiger partial charge in [-0.3, -0.25) is 9.96 Å². The Morgan fingerprint density at radius 3 is 3.07 bits per heavy atom. The second-order valence-electron chi connectivity index (χ2n) is 6.81. The van der Waals surface area contributed by atoms with Crippen molar-refractivity contribution < 1.29 is 4.74 Å². The van der Waals surface area contributed by atoms with Crippen LogP contribution in [0.3, 0.4) is 0 Å². The van der Waals surface area contributed by atoms with E-state index in [2.05, 4.69) is 21.1 Å². The van der Waals surface area contributed by atoms with Crippen molar-refractivity contribution in [3.8, 4) is 12.3 Å². The largest absolute Gasteiger partial charge is 0.623 e. The summed E-state index contributed by atoms with van der Waals surface area (Å²) >= 11 is 1.50. The number of rotatable bonds is 10. The Hall–Kier alpha value is -1.53. The van der Waals surface area contributed by atoms with Crippen molar-refractivity contribution in [2.45, 2.75) is 32.4 Å². The first-order valence-corrected chi connectivity index (χ1v) is 10.4. The van der Waals surface area contributed by atoms with Crippen molar-refractivity contribution in [3.63, 3.8) is 0 Å². The van der Waals surface area contributed by atoms with Gasteiger partial charge >= 0.3 is 0 Å². The minimum atomic E-state index is -0.444. The Kier molecular flexibility index (Phi) is 7.19. The Morgan fingerprint density at radius 2 is 2.30 bits per heavy atom. The normalized spacial score (nSPS) is 23.1. The van der Waals surface area contributed by atoms with Gasteiger partial charge in [-0.1, -0.05) is 23.5 Å². The van der Waals surface area contributed by atoms with E-state index in [1.807, 2.05) is 31.2 Å². The van der Waals surface area contributed by atoms with E-state index in [9.17, 15) is 5.21 Å². The summed E-state index contributed by atoms with van der Waals surface area (Å²) in [6.45, 7) is 5.94. The van der Waals surface area contributed by atoms with Gasteiger partial charge in [-0.2, -0.15) is 4.98 Å². The van der Waals surface area contributed by atoms with Gasteiger partial charge in [0.05, 0.1) is 23.4 Å². The molecule has 1 fully saturated rings. The number of quaternary nitrogens is 1. The monoisotopic (exact) mass is 388 g/mol. The zero-order valence-corrected chi connectivity index (χ0v) is 16.7. The maximum absolute atomic E-state index is 13.9. The molecule has 0 radical (unpaired) electrons. The molecule has 1 aliphatic heterocycles. The molecule has 2 atom stereocenters. The second kappa shape index (κ2) is 9.60. The molecule has 1 saturated heterocycles. The van der Waals surface area contributed by atoms with Gasteiger partial charge in [0.2, 0.25) is 0 Å². The van der Waals surface area contributed by atoms with Gasteiger partial charge < -0.3 is 9.94 Å². The lowest BCUT2D eigenvalue weighted by Crippen LogP contribution is -2.56. The van der Waals surface area contributed by atoms with E-state index in [-0.39, 0.29) is 6.17 Å². The van der Waals surface area contributed by atoms with Crippen LogP contribution in [0.5, 0.6) is 0 Å². The molecule has 1 aliphatic rings. The zero-order chi connectivity index (χ0) is 19.1. The molecule has 7 heteroatoms. The maximum atomic E-state index is 13.9. The lowest BCUT2D eigenvalue weighted by Gasteiger charge is -2.40. The molecule has 1 aromatic carbocycles. The summed E-state index contributed by atoms with van der Waals surface area (Å²) in [5.74, 6) is 2.68. The van der Waals surface area contributed by atoms with Crippen LogP contribution in [0.2, 0.25) is 0 Å². The molecule has 2 unspecified atom stereocenters. The number of ether oxygens (including phenoxy) is 1. The van der Waals surface area contributed by atoms with Gasteiger partial charge in [-0.05, 0) is 31.9 Å². The van der Waals surface area contributed by atoms with Crippen molar-refractivity contribution in [3.05, 3.63) is 29.5 Å². The highest BCUT2D eigenvalue weighted by atomic mass is 32.1.